The minimum Gasteiger partial charge on any atom is -0.412 e. The Morgan fingerprint density at radius 3 is 2.67 bits per heavy atom. The van der Waals surface area contributed by atoms with Crippen molar-refractivity contribution in [2.45, 2.75) is 64.9 Å². The topological polar surface area (TPSA) is 73.4 Å². The fourth-order valence-corrected chi connectivity index (χ4v) is 4.77. The summed E-state index contributed by atoms with van der Waals surface area (Å²) in [5.74, 6) is 0. The monoisotopic (exact) mass is 390 g/mol. The lowest BCUT2D eigenvalue weighted by Gasteiger charge is -2.38. The quantitative estimate of drug-likeness (QED) is 0.425. The molecule has 1 atom stereocenters. The predicted octanol–water partition coefficient (Wildman–Crippen LogP) is 4.56. The van der Waals surface area contributed by atoms with Gasteiger partial charge in [-0.2, -0.15) is 5.10 Å². The van der Waals surface area contributed by atoms with Crippen LogP contribution in [0.2, 0.25) is 18.1 Å². The molecule has 27 heavy (non-hydrogen) atoms. The Hall–Kier alpha value is -1.93. The Morgan fingerprint density at radius 1 is 1.37 bits per heavy atom. The van der Waals surface area contributed by atoms with Gasteiger partial charge in [0.05, 0.1) is 22.7 Å². The van der Waals surface area contributed by atoms with E-state index in [1.54, 1.807) is 16.9 Å². The van der Waals surface area contributed by atoms with Crippen molar-refractivity contribution in [3.8, 4) is 0 Å². The van der Waals surface area contributed by atoms with Crippen LogP contribution < -0.4 is 4.90 Å². The molecule has 1 aliphatic heterocycles. The lowest BCUT2D eigenvalue weighted by molar-refractivity contribution is -0.384. The number of anilines is 1. The summed E-state index contributed by atoms with van der Waals surface area (Å²) in [7, 11) is -1.86. The average Bonchev–Trinajstić information content (AvgIpc) is 3.18. The highest BCUT2D eigenvalue weighted by Gasteiger charge is 2.41. The SMILES string of the molecule is CCn1ncc2cc(N3CCC(O[Si](C)(C)C(C)(C)C)C3)c([N+](=O)[O-])cc21. The molecule has 2 aromatic rings. The zero-order valence-corrected chi connectivity index (χ0v) is 18.2. The van der Waals surface area contributed by atoms with E-state index in [1.165, 1.54) is 0 Å². The highest BCUT2D eigenvalue weighted by Crippen LogP contribution is 2.40. The zero-order valence-electron chi connectivity index (χ0n) is 17.2. The highest BCUT2D eigenvalue weighted by atomic mass is 28.4. The van der Waals surface area contributed by atoms with Crippen LogP contribution in [0.1, 0.15) is 34.1 Å². The van der Waals surface area contributed by atoms with Crippen molar-refractivity contribution in [3.63, 3.8) is 0 Å². The van der Waals surface area contributed by atoms with Crippen LogP contribution in [0, 0.1) is 10.1 Å². The van der Waals surface area contributed by atoms with Crippen molar-refractivity contribution >= 4 is 30.6 Å². The fraction of sp³-hybridized carbons (Fsp3) is 0.632. The van der Waals surface area contributed by atoms with Crippen LogP contribution in [0.25, 0.3) is 10.9 Å². The Labute approximate surface area is 161 Å². The summed E-state index contributed by atoms with van der Waals surface area (Å²) in [6.07, 6.45) is 2.81. The van der Waals surface area contributed by atoms with Gasteiger partial charge >= 0.3 is 0 Å². The van der Waals surface area contributed by atoms with Crippen molar-refractivity contribution in [1.29, 1.82) is 0 Å². The molecule has 0 spiro atoms. The van der Waals surface area contributed by atoms with Crippen LogP contribution in [0.5, 0.6) is 0 Å². The number of hydrogen-bond donors (Lipinski definition) is 0. The molecule has 3 rings (SSSR count). The summed E-state index contributed by atoms with van der Waals surface area (Å²) in [4.78, 5) is 13.5. The van der Waals surface area contributed by atoms with Crippen molar-refractivity contribution in [2.24, 2.45) is 0 Å². The van der Waals surface area contributed by atoms with Gasteiger partial charge in [-0.3, -0.25) is 14.8 Å². The number of benzene rings is 1. The molecule has 1 aromatic heterocycles. The molecule has 1 fully saturated rings. The third kappa shape index (κ3) is 3.73. The first-order chi connectivity index (χ1) is 12.5. The minimum atomic E-state index is -1.86. The number of aromatic nitrogens is 2. The van der Waals surface area contributed by atoms with E-state index in [-0.39, 0.29) is 21.8 Å². The van der Waals surface area contributed by atoms with E-state index in [2.05, 4.69) is 43.9 Å². The number of aryl methyl sites for hydroxylation is 1. The maximum absolute atomic E-state index is 11.7. The van der Waals surface area contributed by atoms with E-state index in [0.29, 0.717) is 18.8 Å². The lowest BCUT2D eigenvalue weighted by atomic mass is 10.2. The Kier molecular flexibility index (Phi) is 5.07. The fourth-order valence-electron chi connectivity index (χ4n) is 3.39. The molecule has 0 radical (unpaired) electrons. The first-order valence-corrected chi connectivity index (χ1v) is 12.5. The van der Waals surface area contributed by atoms with E-state index >= 15 is 0 Å². The molecule has 8 heteroatoms. The number of nitro groups is 1. The summed E-state index contributed by atoms with van der Waals surface area (Å²) in [5, 5.41) is 17.1. The van der Waals surface area contributed by atoms with E-state index in [9.17, 15) is 10.1 Å². The summed E-state index contributed by atoms with van der Waals surface area (Å²) >= 11 is 0. The average molecular weight is 391 g/mol. The standard InChI is InChI=1S/C19H30N4O3Si/c1-7-22-16-11-18(23(24)25)17(10-14(16)12-20-22)21-9-8-15(13-21)26-27(5,6)19(2,3)4/h10-12,15H,7-9,13H2,1-6H3. The zero-order chi connectivity index (χ0) is 20.0. The molecule has 7 nitrogen and oxygen atoms in total. The predicted molar refractivity (Wildman–Crippen MR) is 111 cm³/mol. The van der Waals surface area contributed by atoms with Crippen LogP contribution in [-0.4, -0.2) is 42.2 Å². The molecule has 0 amide bonds. The highest BCUT2D eigenvalue weighted by molar-refractivity contribution is 6.74. The lowest BCUT2D eigenvalue weighted by Crippen LogP contribution is -2.44. The number of nitrogens with zero attached hydrogens (tertiary/aromatic N) is 4. The number of nitro benzene ring substituents is 1. The van der Waals surface area contributed by atoms with Gasteiger partial charge in [0.2, 0.25) is 0 Å². The molecule has 0 bridgehead atoms. The molecule has 148 valence electrons. The summed E-state index contributed by atoms with van der Waals surface area (Å²) in [6.45, 7) is 15.3. The smallest absolute Gasteiger partial charge is 0.294 e. The van der Waals surface area contributed by atoms with E-state index in [1.807, 2.05) is 13.0 Å². The third-order valence-electron chi connectivity index (χ3n) is 5.99. The summed E-state index contributed by atoms with van der Waals surface area (Å²) in [5.41, 5.74) is 1.62. The van der Waals surface area contributed by atoms with Gasteiger partial charge < -0.3 is 9.33 Å². The molecule has 0 saturated carbocycles. The van der Waals surface area contributed by atoms with Gasteiger partial charge in [-0.05, 0) is 37.5 Å². The van der Waals surface area contributed by atoms with Crippen LogP contribution in [0.4, 0.5) is 11.4 Å². The molecule has 1 saturated heterocycles. The van der Waals surface area contributed by atoms with Gasteiger partial charge in [-0.15, -0.1) is 0 Å². The summed E-state index contributed by atoms with van der Waals surface area (Å²) in [6, 6.07) is 3.56. The molecular formula is C19H30N4O3Si. The number of fused-ring (bicyclic) bond motifs is 1. The second-order valence-electron chi connectivity index (χ2n) is 8.85. The van der Waals surface area contributed by atoms with Gasteiger partial charge in [0, 0.05) is 31.1 Å². The maximum Gasteiger partial charge on any atom is 0.294 e. The second-order valence-corrected chi connectivity index (χ2v) is 13.6. The van der Waals surface area contributed by atoms with Crippen LogP contribution in [0.15, 0.2) is 18.3 Å². The Balaban J connectivity index is 1.88. The Morgan fingerprint density at radius 2 is 2.07 bits per heavy atom. The van der Waals surface area contributed by atoms with Gasteiger partial charge in [0.15, 0.2) is 8.32 Å². The van der Waals surface area contributed by atoms with Gasteiger partial charge in [-0.1, -0.05) is 20.8 Å². The van der Waals surface area contributed by atoms with E-state index < -0.39 is 8.32 Å². The van der Waals surface area contributed by atoms with Crippen LogP contribution >= 0.6 is 0 Å². The Bertz CT molecular complexity index is 856. The molecule has 1 aromatic carbocycles. The molecule has 0 N–H and O–H groups in total. The third-order valence-corrected chi connectivity index (χ3v) is 10.5. The molecule has 1 aliphatic rings. The van der Waals surface area contributed by atoms with Gasteiger partial charge in [0.1, 0.15) is 5.69 Å². The maximum atomic E-state index is 11.7. The molecule has 1 unspecified atom stereocenters. The summed E-state index contributed by atoms with van der Waals surface area (Å²) < 4.78 is 8.33. The first-order valence-electron chi connectivity index (χ1n) is 9.60. The molecule has 2 heterocycles. The first kappa shape index (κ1) is 19.8. The molecule has 0 aliphatic carbocycles. The van der Waals surface area contributed by atoms with Crippen molar-refractivity contribution in [2.75, 3.05) is 18.0 Å². The van der Waals surface area contributed by atoms with Crippen LogP contribution in [0.3, 0.4) is 0 Å². The van der Waals surface area contributed by atoms with Crippen molar-refractivity contribution < 1.29 is 9.35 Å². The van der Waals surface area contributed by atoms with Crippen molar-refractivity contribution in [1.82, 2.24) is 9.78 Å². The second kappa shape index (κ2) is 6.90. The van der Waals surface area contributed by atoms with E-state index in [0.717, 1.165) is 23.9 Å². The van der Waals surface area contributed by atoms with Crippen LogP contribution in [-0.2, 0) is 11.0 Å². The normalized spacial score (nSPS) is 18.4. The molecular weight excluding hydrogens is 360 g/mol. The van der Waals surface area contributed by atoms with Crippen molar-refractivity contribution in [3.05, 3.63) is 28.4 Å². The van der Waals surface area contributed by atoms with Gasteiger partial charge in [-0.25, -0.2) is 0 Å². The number of rotatable bonds is 5. The van der Waals surface area contributed by atoms with Gasteiger partial charge in [0.25, 0.3) is 5.69 Å². The van der Waals surface area contributed by atoms with E-state index in [4.69, 9.17) is 4.43 Å². The number of hydrogen-bond acceptors (Lipinski definition) is 5. The largest absolute Gasteiger partial charge is 0.412 e. The minimum absolute atomic E-state index is 0.125.